The molecule has 15 heavy (non-hydrogen) atoms. The second kappa shape index (κ2) is 5.98. The van der Waals surface area contributed by atoms with Crippen molar-refractivity contribution in [3.63, 3.8) is 0 Å². The Morgan fingerprint density at radius 2 is 1.87 bits per heavy atom. The standard InChI is InChI=1S/C10H11BrN4/c11-9(7-14-15-10(12)13)6-8-4-2-1-3-5-8/h1-7H,(H4,12,13,15)/b9-6-,14-7+. The van der Waals surface area contributed by atoms with E-state index in [1.807, 2.05) is 36.4 Å². The number of rotatable bonds is 3. The third-order valence-electron chi connectivity index (χ3n) is 1.46. The lowest BCUT2D eigenvalue weighted by atomic mass is 10.2. The van der Waals surface area contributed by atoms with Gasteiger partial charge in [0.15, 0.2) is 0 Å². The van der Waals surface area contributed by atoms with E-state index in [1.165, 1.54) is 6.21 Å². The molecule has 0 aliphatic rings. The fraction of sp³-hybridized carbons (Fsp3) is 0. The van der Waals surface area contributed by atoms with Crippen LogP contribution in [-0.4, -0.2) is 12.2 Å². The third kappa shape index (κ3) is 4.97. The summed E-state index contributed by atoms with van der Waals surface area (Å²) >= 11 is 3.33. The lowest BCUT2D eigenvalue weighted by Gasteiger charge is -1.91. The quantitative estimate of drug-likeness (QED) is 0.496. The molecule has 0 atom stereocenters. The molecule has 0 aromatic heterocycles. The summed E-state index contributed by atoms with van der Waals surface area (Å²) in [5, 5.41) is 7.14. The molecule has 0 bridgehead atoms. The molecule has 0 aliphatic heterocycles. The van der Waals surface area contributed by atoms with Gasteiger partial charge in [0, 0.05) is 4.48 Å². The molecule has 78 valence electrons. The highest BCUT2D eigenvalue weighted by Crippen LogP contribution is 2.09. The summed E-state index contributed by atoms with van der Waals surface area (Å²) in [7, 11) is 0. The molecule has 0 spiro atoms. The third-order valence-corrected chi connectivity index (χ3v) is 1.89. The summed E-state index contributed by atoms with van der Waals surface area (Å²) in [5.41, 5.74) is 11.3. The number of allylic oxidation sites excluding steroid dienone is 1. The molecule has 0 radical (unpaired) electrons. The maximum absolute atomic E-state index is 5.11. The molecule has 0 unspecified atom stereocenters. The number of hydrogen-bond acceptors (Lipinski definition) is 2. The number of guanidine groups is 1. The summed E-state index contributed by atoms with van der Waals surface area (Å²) in [6.45, 7) is 0. The Hall–Kier alpha value is -1.62. The summed E-state index contributed by atoms with van der Waals surface area (Å²) < 4.78 is 0.790. The number of benzene rings is 1. The van der Waals surface area contributed by atoms with Crippen molar-refractivity contribution in [1.29, 1.82) is 0 Å². The maximum Gasteiger partial charge on any atom is 0.211 e. The number of hydrogen-bond donors (Lipinski definition) is 2. The van der Waals surface area contributed by atoms with Crippen LogP contribution in [0.4, 0.5) is 0 Å². The van der Waals surface area contributed by atoms with Crippen LogP contribution in [0, 0.1) is 0 Å². The van der Waals surface area contributed by atoms with Gasteiger partial charge in [-0.1, -0.05) is 30.3 Å². The van der Waals surface area contributed by atoms with Gasteiger partial charge in [0.1, 0.15) is 0 Å². The van der Waals surface area contributed by atoms with E-state index in [4.69, 9.17) is 11.5 Å². The summed E-state index contributed by atoms with van der Waals surface area (Å²) in [4.78, 5) is 0. The van der Waals surface area contributed by atoms with E-state index >= 15 is 0 Å². The second-order valence-corrected chi connectivity index (χ2v) is 3.63. The van der Waals surface area contributed by atoms with Crippen LogP contribution < -0.4 is 11.5 Å². The SMILES string of the molecule is NC(N)=N/N=C/C(Br)=C/c1ccccc1. The molecule has 0 saturated carbocycles. The lowest BCUT2D eigenvalue weighted by molar-refractivity contribution is 1.22. The Morgan fingerprint density at radius 1 is 1.20 bits per heavy atom. The van der Waals surface area contributed by atoms with Crippen LogP contribution in [0.15, 0.2) is 45.0 Å². The fourth-order valence-electron chi connectivity index (χ4n) is 0.896. The minimum absolute atomic E-state index is 0.0636. The molecule has 0 saturated heterocycles. The highest BCUT2D eigenvalue weighted by Gasteiger charge is 1.88. The van der Waals surface area contributed by atoms with E-state index in [9.17, 15) is 0 Å². The predicted molar refractivity (Wildman–Crippen MR) is 67.6 cm³/mol. The minimum atomic E-state index is -0.0636. The molecule has 0 aliphatic carbocycles. The largest absolute Gasteiger partial charge is 0.369 e. The Kier molecular flexibility index (Phi) is 4.56. The molecule has 0 fully saturated rings. The van der Waals surface area contributed by atoms with Crippen LogP contribution in [0.3, 0.4) is 0 Å². The Morgan fingerprint density at radius 3 is 2.47 bits per heavy atom. The van der Waals surface area contributed by atoms with E-state index in [0.717, 1.165) is 10.0 Å². The van der Waals surface area contributed by atoms with Gasteiger partial charge < -0.3 is 11.5 Å². The average Bonchev–Trinajstić information content (AvgIpc) is 2.18. The molecule has 0 amide bonds. The monoisotopic (exact) mass is 266 g/mol. The fourth-order valence-corrected chi connectivity index (χ4v) is 1.25. The summed E-state index contributed by atoms with van der Waals surface area (Å²) in [6, 6.07) is 9.84. The van der Waals surface area contributed by atoms with E-state index in [1.54, 1.807) is 0 Å². The number of nitrogens with two attached hydrogens (primary N) is 2. The average molecular weight is 267 g/mol. The Labute approximate surface area is 96.5 Å². The zero-order chi connectivity index (χ0) is 11.1. The van der Waals surface area contributed by atoms with Gasteiger partial charge >= 0.3 is 0 Å². The highest BCUT2D eigenvalue weighted by molar-refractivity contribution is 9.12. The molecule has 1 rings (SSSR count). The normalized spacial score (nSPS) is 11.7. The van der Waals surface area contributed by atoms with Crippen molar-refractivity contribution in [3.8, 4) is 0 Å². The first-order valence-corrected chi connectivity index (χ1v) is 5.02. The minimum Gasteiger partial charge on any atom is -0.369 e. The molecular weight excluding hydrogens is 256 g/mol. The summed E-state index contributed by atoms with van der Waals surface area (Å²) in [6.07, 6.45) is 3.43. The van der Waals surface area contributed by atoms with Crippen LogP contribution in [0.25, 0.3) is 6.08 Å². The van der Waals surface area contributed by atoms with Crippen LogP contribution in [-0.2, 0) is 0 Å². The second-order valence-electron chi connectivity index (χ2n) is 2.71. The van der Waals surface area contributed by atoms with Gasteiger partial charge in [0.2, 0.25) is 5.96 Å². The van der Waals surface area contributed by atoms with Crippen molar-refractivity contribution in [3.05, 3.63) is 40.4 Å². The molecule has 1 aromatic carbocycles. The van der Waals surface area contributed by atoms with Gasteiger partial charge in [0.25, 0.3) is 0 Å². The van der Waals surface area contributed by atoms with E-state index in [-0.39, 0.29) is 5.96 Å². The van der Waals surface area contributed by atoms with Crippen LogP contribution >= 0.6 is 15.9 Å². The maximum atomic E-state index is 5.11. The predicted octanol–water partition coefficient (Wildman–Crippen LogP) is 1.68. The smallest absolute Gasteiger partial charge is 0.211 e. The van der Waals surface area contributed by atoms with Gasteiger partial charge in [-0.2, -0.15) is 5.10 Å². The zero-order valence-electron chi connectivity index (χ0n) is 7.97. The molecule has 1 aromatic rings. The van der Waals surface area contributed by atoms with E-state index in [2.05, 4.69) is 26.1 Å². The lowest BCUT2D eigenvalue weighted by Crippen LogP contribution is -2.21. The van der Waals surface area contributed by atoms with Crippen molar-refractivity contribution in [1.82, 2.24) is 0 Å². The van der Waals surface area contributed by atoms with E-state index < -0.39 is 0 Å². The number of nitrogens with zero attached hydrogens (tertiary/aromatic N) is 2. The molecule has 4 N–H and O–H groups in total. The first kappa shape index (κ1) is 11.5. The molecule has 4 nitrogen and oxygen atoms in total. The van der Waals surface area contributed by atoms with Crippen LogP contribution in [0.5, 0.6) is 0 Å². The van der Waals surface area contributed by atoms with Gasteiger partial charge in [-0.3, -0.25) is 0 Å². The molecular formula is C10H11BrN4. The van der Waals surface area contributed by atoms with Gasteiger partial charge in [-0.15, -0.1) is 5.10 Å². The Balaban J connectivity index is 2.69. The van der Waals surface area contributed by atoms with Crippen LogP contribution in [0.2, 0.25) is 0 Å². The van der Waals surface area contributed by atoms with Gasteiger partial charge in [-0.25, -0.2) is 0 Å². The zero-order valence-corrected chi connectivity index (χ0v) is 9.55. The van der Waals surface area contributed by atoms with Gasteiger partial charge in [0.05, 0.1) is 6.21 Å². The number of halogens is 1. The van der Waals surface area contributed by atoms with E-state index in [0.29, 0.717) is 0 Å². The highest BCUT2D eigenvalue weighted by atomic mass is 79.9. The summed E-state index contributed by atoms with van der Waals surface area (Å²) in [5.74, 6) is -0.0636. The first-order valence-electron chi connectivity index (χ1n) is 4.22. The molecule has 5 heteroatoms. The van der Waals surface area contributed by atoms with Crippen molar-refractivity contribution >= 4 is 34.2 Å². The van der Waals surface area contributed by atoms with Crippen LogP contribution in [0.1, 0.15) is 5.56 Å². The topological polar surface area (TPSA) is 76.8 Å². The van der Waals surface area contributed by atoms with Gasteiger partial charge in [-0.05, 0) is 27.6 Å². The Bertz CT molecular complexity index is 391. The first-order chi connectivity index (χ1) is 7.18. The van der Waals surface area contributed by atoms with Crippen molar-refractivity contribution in [2.24, 2.45) is 21.7 Å². The van der Waals surface area contributed by atoms with Crippen molar-refractivity contribution in [2.45, 2.75) is 0 Å². The van der Waals surface area contributed by atoms with Crippen molar-refractivity contribution < 1.29 is 0 Å². The van der Waals surface area contributed by atoms with Crippen molar-refractivity contribution in [2.75, 3.05) is 0 Å². The molecule has 0 heterocycles.